The molecule has 0 aliphatic carbocycles. The number of para-hydroxylation sites is 1. The molecular weight excluding hydrogens is 308 g/mol. The topological polar surface area (TPSA) is 50.4 Å². The fourth-order valence-electron chi connectivity index (χ4n) is 1.84. The van der Waals surface area contributed by atoms with Crippen molar-refractivity contribution in [2.45, 2.75) is 13.0 Å². The number of thiophene rings is 1. The van der Waals surface area contributed by atoms with Crippen molar-refractivity contribution in [2.75, 3.05) is 19.0 Å². The van der Waals surface area contributed by atoms with Gasteiger partial charge in [-0.3, -0.25) is 0 Å². The first kappa shape index (κ1) is 15.8. The monoisotopic (exact) mass is 324 g/mol. The van der Waals surface area contributed by atoms with E-state index in [-0.39, 0.29) is 12.1 Å². The predicted octanol–water partition coefficient (Wildman–Crippen LogP) is 4.22. The van der Waals surface area contributed by atoms with Crippen LogP contribution in [0.4, 0.5) is 10.5 Å². The summed E-state index contributed by atoms with van der Waals surface area (Å²) >= 11 is 7.65. The van der Waals surface area contributed by atoms with E-state index < -0.39 is 0 Å². The van der Waals surface area contributed by atoms with Gasteiger partial charge in [-0.15, -0.1) is 11.3 Å². The van der Waals surface area contributed by atoms with Gasteiger partial charge < -0.3 is 15.4 Å². The third kappa shape index (κ3) is 4.46. The molecule has 4 nitrogen and oxygen atoms in total. The molecule has 0 fully saturated rings. The molecule has 0 spiro atoms. The number of rotatable bonds is 5. The molecule has 1 heterocycles. The minimum atomic E-state index is -0.307. The van der Waals surface area contributed by atoms with Gasteiger partial charge in [0.2, 0.25) is 0 Å². The first-order valence-electron chi connectivity index (χ1n) is 6.48. The molecule has 0 aliphatic heterocycles. The minimum absolute atomic E-state index is 0.152. The Kier molecular flexibility index (Phi) is 5.61. The second-order valence-corrected chi connectivity index (χ2v) is 6.21. The zero-order chi connectivity index (χ0) is 15.2. The number of carbonyl (C=O) groups is 1. The molecule has 1 atom stereocenters. The zero-order valence-electron chi connectivity index (χ0n) is 11.9. The molecule has 112 valence electrons. The van der Waals surface area contributed by atoms with Crippen LogP contribution in [0.3, 0.4) is 0 Å². The largest absolute Gasteiger partial charge is 0.374 e. The van der Waals surface area contributed by atoms with Crippen LogP contribution >= 0.6 is 22.9 Å². The number of ether oxygens (including phenoxy) is 1. The number of nitrogens with one attached hydrogen (secondary N) is 2. The summed E-state index contributed by atoms with van der Waals surface area (Å²) in [5.41, 5.74) is 0.581. The summed E-state index contributed by atoms with van der Waals surface area (Å²) in [5, 5.41) is 6.01. The number of hydrogen-bond acceptors (Lipinski definition) is 3. The third-order valence-corrected chi connectivity index (χ3v) is 4.36. The summed E-state index contributed by atoms with van der Waals surface area (Å²) in [6.07, 6.45) is -0.152. The molecule has 1 aromatic carbocycles. The number of anilines is 1. The van der Waals surface area contributed by atoms with Crippen LogP contribution in [0.25, 0.3) is 0 Å². The normalized spacial score (nSPS) is 12.0. The van der Waals surface area contributed by atoms with Crippen LogP contribution in [0, 0.1) is 6.92 Å². The molecule has 1 aromatic heterocycles. The lowest BCUT2D eigenvalue weighted by atomic mass is 10.3. The maximum absolute atomic E-state index is 11.9. The van der Waals surface area contributed by atoms with Gasteiger partial charge in [0.05, 0.1) is 17.3 Å². The molecule has 0 bridgehead atoms. The van der Waals surface area contributed by atoms with Gasteiger partial charge in [-0.05, 0) is 31.2 Å². The molecule has 0 aliphatic rings. The minimum Gasteiger partial charge on any atom is -0.374 e. The smallest absolute Gasteiger partial charge is 0.319 e. The van der Waals surface area contributed by atoms with Crippen molar-refractivity contribution >= 4 is 34.7 Å². The van der Waals surface area contributed by atoms with Crippen LogP contribution in [0.5, 0.6) is 0 Å². The van der Waals surface area contributed by atoms with Gasteiger partial charge in [0, 0.05) is 16.9 Å². The zero-order valence-corrected chi connectivity index (χ0v) is 13.4. The van der Waals surface area contributed by atoms with E-state index in [1.807, 2.05) is 31.2 Å². The number of urea groups is 1. The molecule has 0 saturated carbocycles. The summed E-state index contributed by atoms with van der Waals surface area (Å²) < 4.78 is 5.42. The van der Waals surface area contributed by atoms with E-state index >= 15 is 0 Å². The Labute approximate surface area is 133 Å². The second-order valence-electron chi connectivity index (χ2n) is 4.49. The lowest BCUT2D eigenvalue weighted by molar-refractivity contribution is 0.107. The first-order chi connectivity index (χ1) is 10.1. The molecule has 2 amide bonds. The Morgan fingerprint density at radius 3 is 2.71 bits per heavy atom. The van der Waals surface area contributed by atoms with Gasteiger partial charge in [0.15, 0.2) is 0 Å². The van der Waals surface area contributed by atoms with Crippen molar-refractivity contribution < 1.29 is 9.53 Å². The predicted molar refractivity (Wildman–Crippen MR) is 87.3 cm³/mol. The lowest BCUT2D eigenvalue weighted by Crippen LogP contribution is -2.32. The van der Waals surface area contributed by atoms with E-state index in [4.69, 9.17) is 16.3 Å². The fraction of sp³-hybridized carbons (Fsp3) is 0.267. The highest BCUT2D eigenvalue weighted by Gasteiger charge is 2.14. The average Bonchev–Trinajstić information content (AvgIpc) is 2.89. The van der Waals surface area contributed by atoms with Crippen molar-refractivity contribution in [2.24, 2.45) is 0 Å². The SMILES string of the molecule is COC(CNC(=O)Nc1ccccc1Cl)c1ccc(C)s1. The van der Waals surface area contributed by atoms with Crippen molar-refractivity contribution in [3.63, 3.8) is 0 Å². The molecule has 0 saturated heterocycles. The highest BCUT2D eigenvalue weighted by Crippen LogP contribution is 2.24. The van der Waals surface area contributed by atoms with Crippen LogP contribution in [-0.4, -0.2) is 19.7 Å². The van der Waals surface area contributed by atoms with E-state index in [2.05, 4.69) is 10.6 Å². The standard InChI is InChI=1S/C15H17ClN2O2S/c1-10-7-8-14(21-10)13(20-2)9-17-15(19)18-12-6-4-3-5-11(12)16/h3-8,13H,9H2,1-2H3,(H2,17,18,19). The van der Waals surface area contributed by atoms with Crippen molar-refractivity contribution in [1.29, 1.82) is 0 Å². The molecule has 1 unspecified atom stereocenters. The Morgan fingerprint density at radius 2 is 2.10 bits per heavy atom. The van der Waals surface area contributed by atoms with Gasteiger partial charge in [0.25, 0.3) is 0 Å². The van der Waals surface area contributed by atoms with Crippen molar-refractivity contribution in [3.8, 4) is 0 Å². The highest BCUT2D eigenvalue weighted by atomic mass is 35.5. The molecule has 2 N–H and O–H groups in total. The number of hydrogen-bond donors (Lipinski definition) is 2. The van der Waals surface area contributed by atoms with Crippen LogP contribution < -0.4 is 10.6 Å². The Morgan fingerprint density at radius 1 is 1.33 bits per heavy atom. The Bertz CT molecular complexity index is 615. The van der Waals surface area contributed by atoms with Gasteiger partial charge in [-0.1, -0.05) is 23.7 Å². The van der Waals surface area contributed by atoms with E-state index in [9.17, 15) is 4.79 Å². The third-order valence-electron chi connectivity index (χ3n) is 2.93. The lowest BCUT2D eigenvalue weighted by Gasteiger charge is -2.15. The van der Waals surface area contributed by atoms with E-state index in [1.165, 1.54) is 4.88 Å². The number of carbonyl (C=O) groups excluding carboxylic acids is 1. The maximum Gasteiger partial charge on any atom is 0.319 e. The van der Waals surface area contributed by atoms with E-state index in [0.29, 0.717) is 17.3 Å². The van der Waals surface area contributed by atoms with Crippen LogP contribution in [0.15, 0.2) is 36.4 Å². The number of halogens is 1. The number of amides is 2. The Hall–Kier alpha value is -1.56. The summed E-state index contributed by atoms with van der Waals surface area (Å²) in [6, 6.07) is 10.8. The summed E-state index contributed by atoms with van der Waals surface area (Å²) in [5.74, 6) is 0. The van der Waals surface area contributed by atoms with Gasteiger partial charge in [-0.25, -0.2) is 4.79 Å². The van der Waals surface area contributed by atoms with Gasteiger partial charge in [-0.2, -0.15) is 0 Å². The number of benzene rings is 1. The van der Waals surface area contributed by atoms with Crippen molar-refractivity contribution in [1.82, 2.24) is 5.32 Å². The van der Waals surface area contributed by atoms with E-state index in [1.54, 1.807) is 30.6 Å². The Balaban J connectivity index is 1.89. The summed E-state index contributed by atoms with van der Waals surface area (Å²) in [7, 11) is 1.63. The molecule has 2 aromatic rings. The van der Waals surface area contributed by atoms with E-state index in [0.717, 1.165) is 4.88 Å². The maximum atomic E-state index is 11.9. The van der Waals surface area contributed by atoms with Crippen LogP contribution in [0.2, 0.25) is 5.02 Å². The highest BCUT2D eigenvalue weighted by molar-refractivity contribution is 7.12. The fourth-order valence-corrected chi connectivity index (χ4v) is 2.98. The summed E-state index contributed by atoms with van der Waals surface area (Å²) in [4.78, 5) is 14.2. The van der Waals surface area contributed by atoms with Crippen molar-refractivity contribution in [3.05, 3.63) is 51.2 Å². The van der Waals surface area contributed by atoms with Crippen LogP contribution in [0.1, 0.15) is 15.9 Å². The molecule has 0 radical (unpaired) electrons. The molecule has 6 heteroatoms. The molecule has 21 heavy (non-hydrogen) atoms. The van der Waals surface area contributed by atoms with Gasteiger partial charge >= 0.3 is 6.03 Å². The molecular formula is C15H17ClN2O2S. The number of methoxy groups -OCH3 is 1. The first-order valence-corrected chi connectivity index (χ1v) is 7.68. The molecule has 2 rings (SSSR count). The van der Waals surface area contributed by atoms with Crippen LogP contribution in [-0.2, 0) is 4.74 Å². The summed E-state index contributed by atoms with van der Waals surface area (Å²) in [6.45, 7) is 2.44. The second kappa shape index (κ2) is 7.45. The van der Waals surface area contributed by atoms with Gasteiger partial charge in [0.1, 0.15) is 6.10 Å². The average molecular weight is 325 g/mol. The quantitative estimate of drug-likeness (QED) is 0.865. The number of aryl methyl sites for hydroxylation is 1.